The summed E-state index contributed by atoms with van der Waals surface area (Å²) in [5.41, 5.74) is 5.79. The molecule has 0 spiro atoms. The largest absolute Gasteiger partial charge is 0.497 e. The van der Waals surface area contributed by atoms with Crippen molar-refractivity contribution in [2.45, 2.75) is 20.3 Å². The second-order valence-corrected chi connectivity index (χ2v) is 4.65. The monoisotopic (exact) mass is 223 g/mol. The van der Waals surface area contributed by atoms with Crippen molar-refractivity contribution in [1.82, 2.24) is 0 Å². The SMILES string of the molecule is COc1cccc(OCCC(C)(C)CN)c1. The van der Waals surface area contributed by atoms with Gasteiger partial charge in [-0.05, 0) is 30.5 Å². The fraction of sp³-hybridized carbons (Fsp3) is 0.538. The lowest BCUT2D eigenvalue weighted by Gasteiger charge is -2.22. The average molecular weight is 223 g/mol. The molecule has 1 aromatic rings. The fourth-order valence-corrected chi connectivity index (χ4v) is 1.24. The predicted octanol–water partition coefficient (Wildman–Crippen LogP) is 2.45. The first-order valence-corrected chi connectivity index (χ1v) is 5.54. The second kappa shape index (κ2) is 5.75. The molecule has 0 aliphatic rings. The molecule has 2 N–H and O–H groups in total. The molecular formula is C13H21NO2. The van der Waals surface area contributed by atoms with Gasteiger partial charge in [0, 0.05) is 6.07 Å². The standard InChI is InChI=1S/C13H21NO2/c1-13(2,10-14)7-8-16-12-6-4-5-11(9-12)15-3/h4-6,9H,7-8,10,14H2,1-3H3. The molecule has 16 heavy (non-hydrogen) atoms. The maximum Gasteiger partial charge on any atom is 0.122 e. The first-order valence-electron chi connectivity index (χ1n) is 5.54. The van der Waals surface area contributed by atoms with E-state index in [2.05, 4.69) is 13.8 Å². The summed E-state index contributed by atoms with van der Waals surface area (Å²) >= 11 is 0. The second-order valence-electron chi connectivity index (χ2n) is 4.65. The molecular weight excluding hydrogens is 202 g/mol. The summed E-state index contributed by atoms with van der Waals surface area (Å²) in [4.78, 5) is 0. The van der Waals surface area contributed by atoms with Crippen molar-refractivity contribution in [2.24, 2.45) is 11.1 Å². The molecule has 1 rings (SSSR count). The number of hydrogen-bond donors (Lipinski definition) is 1. The van der Waals surface area contributed by atoms with Gasteiger partial charge in [0.1, 0.15) is 11.5 Å². The molecule has 0 aromatic heterocycles. The third kappa shape index (κ3) is 4.11. The van der Waals surface area contributed by atoms with Crippen molar-refractivity contribution >= 4 is 0 Å². The maximum atomic E-state index is 5.66. The van der Waals surface area contributed by atoms with Crippen LogP contribution in [0, 0.1) is 5.41 Å². The molecule has 0 atom stereocenters. The highest BCUT2D eigenvalue weighted by Crippen LogP contribution is 2.21. The highest BCUT2D eigenvalue weighted by Gasteiger charge is 2.15. The number of nitrogens with two attached hydrogens (primary N) is 1. The normalized spacial score (nSPS) is 11.2. The van der Waals surface area contributed by atoms with Crippen LogP contribution in [0.3, 0.4) is 0 Å². The summed E-state index contributed by atoms with van der Waals surface area (Å²) in [5.74, 6) is 1.66. The van der Waals surface area contributed by atoms with Gasteiger partial charge in [-0.25, -0.2) is 0 Å². The molecule has 0 fully saturated rings. The zero-order valence-electron chi connectivity index (χ0n) is 10.3. The average Bonchev–Trinajstić information content (AvgIpc) is 2.29. The lowest BCUT2D eigenvalue weighted by molar-refractivity contribution is 0.233. The molecule has 90 valence electrons. The van der Waals surface area contributed by atoms with Crippen LogP contribution in [0.1, 0.15) is 20.3 Å². The fourth-order valence-electron chi connectivity index (χ4n) is 1.24. The van der Waals surface area contributed by atoms with Gasteiger partial charge in [-0.15, -0.1) is 0 Å². The van der Waals surface area contributed by atoms with Crippen LogP contribution in [-0.2, 0) is 0 Å². The first kappa shape index (κ1) is 12.8. The zero-order valence-corrected chi connectivity index (χ0v) is 10.3. The van der Waals surface area contributed by atoms with E-state index in [0.29, 0.717) is 13.2 Å². The number of ether oxygens (including phenoxy) is 2. The van der Waals surface area contributed by atoms with Crippen LogP contribution in [0.25, 0.3) is 0 Å². The van der Waals surface area contributed by atoms with Gasteiger partial charge >= 0.3 is 0 Å². The molecule has 0 saturated carbocycles. The van der Waals surface area contributed by atoms with Gasteiger partial charge < -0.3 is 15.2 Å². The number of rotatable bonds is 6. The van der Waals surface area contributed by atoms with Crippen LogP contribution >= 0.6 is 0 Å². The van der Waals surface area contributed by atoms with Crippen molar-refractivity contribution in [3.8, 4) is 11.5 Å². The quantitative estimate of drug-likeness (QED) is 0.805. The van der Waals surface area contributed by atoms with Gasteiger partial charge in [0.2, 0.25) is 0 Å². The minimum atomic E-state index is 0.138. The Kier molecular flexibility index (Phi) is 4.62. The Morgan fingerprint density at radius 1 is 1.25 bits per heavy atom. The Bertz CT molecular complexity index is 323. The lowest BCUT2D eigenvalue weighted by atomic mass is 9.90. The van der Waals surface area contributed by atoms with Crippen LogP contribution in [0.5, 0.6) is 11.5 Å². The van der Waals surface area contributed by atoms with E-state index in [1.54, 1.807) is 7.11 Å². The van der Waals surface area contributed by atoms with Crippen molar-refractivity contribution < 1.29 is 9.47 Å². The Labute approximate surface area is 97.6 Å². The van der Waals surface area contributed by atoms with Crippen LogP contribution in [-0.4, -0.2) is 20.3 Å². The summed E-state index contributed by atoms with van der Waals surface area (Å²) in [7, 11) is 1.65. The van der Waals surface area contributed by atoms with Crippen LogP contribution in [0.2, 0.25) is 0 Å². The molecule has 0 aliphatic heterocycles. The molecule has 3 nitrogen and oxygen atoms in total. The number of hydrogen-bond acceptors (Lipinski definition) is 3. The van der Waals surface area contributed by atoms with Crippen LogP contribution < -0.4 is 15.2 Å². The highest BCUT2D eigenvalue weighted by atomic mass is 16.5. The number of methoxy groups -OCH3 is 1. The zero-order chi connectivity index (χ0) is 12.0. The Hall–Kier alpha value is -1.22. The molecule has 0 saturated heterocycles. The summed E-state index contributed by atoms with van der Waals surface area (Å²) in [5, 5.41) is 0. The van der Waals surface area contributed by atoms with E-state index in [1.165, 1.54) is 0 Å². The summed E-state index contributed by atoms with van der Waals surface area (Å²) < 4.78 is 10.8. The van der Waals surface area contributed by atoms with Gasteiger partial charge in [0.05, 0.1) is 13.7 Å². The molecule has 1 aromatic carbocycles. The van der Waals surface area contributed by atoms with Crippen molar-refractivity contribution in [1.29, 1.82) is 0 Å². The summed E-state index contributed by atoms with van der Waals surface area (Å²) in [6.45, 7) is 5.63. The summed E-state index contributed by atoms with van der Waals surface area (Å²) in [6, 6.07) is 7.63. The third-order valence-electron chi connectivity index (χ3n) is 2.64. The van der Waals surface area contributed by atoms with Gasteiger partial charge in [-0.3, -0.25) is 0 Å². The summed E-state index contributed by atoms with van der Waals surface area (Å²) in [6.07, 6.45) is 0.945. The third-order valence-corrected chi connectivity index (χ3v) is 2.64. The molecule has 0 unspecified atom stereocenters. The van der Waals surface area contributed by atoms with E-state index in [9.17, 15) is 0 Å². The van der Waals surface area contributed by atoms with E-state index < -0.39 is 0 Å². The Morgan fingerprint density at radius 3 is 2.56 bits per heavy atom. The van der Waals surface area contributed by atoms with Gasteiger partial charge in [0.25, 0.3) is 0 Å². The lowest BCUT2D eigenvalue weighted by Crippen LogP contribution is -2.25. The van der Waals surface area contributed by atoms with E-state index in [-0.39, 0.29) is 5.41 Å². The van der Waals surface area contributed by atoms with Gasteiger partial charge in [-0.2, -0.15) is 0 Å². The molecule has 0 radical (unpaired) electrons. The minimum Gasteiger partial charge on any atom is -0.497 e. The van der Waals surface area contributed by atoms with E-state index >= 15 is 0 Å². The van der Waals surface area contributed by atoms with Crippen molar-refractivity contribution in [3.63, 3.8) is 0 Å². The Morgan fingerprint density at radius 2 is 1.94 bits per heavy atom. The molecule has 3 heteroatoms. The molecule has 0 heterocycles. The van der Waals surface area contributed by atoms with E-state index in [4.69, 9.17) is 15.2 Å². The van der Waals surface area contributed by atoms with Crippen LogP contribution in [0.4, 0.5) is 0 Å². The van der Waals surface area contributed by atoms with E-state index in [1.807, 2.05) is 24.3 Å². The van der Waals surface area contributed by atoms with E-state index in [0.717, 1.165) is 17.9 Å². The topological polar surface area (TPSA) is 44.5 Å². The molecule has 0 amide bonds. The number of benzene rings is 1. The molecule has 0 bridgehead atoms. The minimum absolute atomic E-state index is 0.138. The van der Waals surface area contributed by atoms with Crippen molar-refractivity contribution in [2.75, 3.05) is 20.3 Å². The molecule has 0 aliphatic carbocycles. The Balaban J connectivity index is 2.42. The first-order chi connectivity index (χ1) is 7.57. The van der Waals surface area contributed by atoms with Gasteiger partial charge in [0.15, 0.2) is 0 Å². The highest BCUT2D eigenvalue weighted by molar-refractivity contribution is 5.32. The van der Waals surface area contributed by atoms with Crippen LogP contribution in [0.15, 0.2) is 24.3 Å². The smallest absolute Gasteiger partial charge is 0.122 e. The maximum absolute atomic E-state index is 5.66. The van der Waals surface area contributed by atoms with Crippen molar-refractivity contribution in [3.05, 3.63) is 24.3 Å². The van der Waals surface area contributed by atoms with Gasteiger partial charge in [-0.1, -0.05) is 19.9 Å². The predicted molar refractivity (Wildman–Crippen MR) is 65.9 cm³/mol.